The summed E-state index contributed by atoms with van der Waals surface area (Å²) >= 11 is 6.61. The predicted octanol–water partition coefficient (Wildman–Crippen LogP) is 6.37. The van der Waals surface area contributed by atoms with Crippen molar-refractivity contribution in [1.29, 1.82) is 0 Å². The quantitative estimate of drug-likeness (QED) is 0.367. The van der Waals surface area contributed by atoms with Gasteiger partial charge in [-0.05, 0) is 48.2 Å². The first-order chi connectivity index (χ1) is 11.7. The normalized spacial score (nSPS) is 10.8. The highest BCUT2D eigenvalue weighted by Crippen LogP contribution is 2.31. The molecule has 130 valence electrons. The van der Waals surface area contributed by atoms with Gasteiger partial charge >= 0.3 is 0 Å². The fourth-order valence-corrected chi connectivity index (χ4v) is 2.62. The number of hydrogen-bond acceptors (Lipinski definition) is 2. The van der Waals surface area contributed by atoms with Gasteiger partial charge in [-0.15, -0.1) is 11.6 Å². The Morgan fingerprint density at radius 2 is 1.08 bits per heavy atom. The van der Waals surface area contributed by atoms with Gasteiger partial charge in [-0.3, -0.25) is 0 Å². The summed E-state index contributed by atoms with van der Waals surface area (Å²) in [5.74, 6) is 1.80. The summed E-state index contributed by atoms with van der Waals surface area (Å²) in [6.07, 6.45) is 4.43. The minimum atomic E-state index is -0.167. The van der Waals surface area contributed by atoms with E-state index in [1.54, 1.807) is 0 Å². The van der Waals surface area contributed by atoms with Crippen LogP contribution in [0.5, 0.6) is 11.5 Å². The molecule has 3 heteroatoms. The number of ether oxygens (including phenoxy) is 2. The molecule has 2 nitrogen and oxygen atoms in total. The number of halogens is 1. The van der Waals surface area contributed by atoms with E-state index in [0.717, 1.165) is 61.5 Å². The maximum atomic E-state index is 6.61. The Morgan fingerprint density at radius 3 is 1.42 bits per heavy atom. The molecule has 0 aliphatic carbocycles. The molecular formula is C21H27ClO2. The van der Waals surface area contributed by atoms with Gasteiger partial charge in [0.25, 0.3) is 0 Å². The van der Waals surface area contributed by atoms with Crippen molar-refractivity contribution in [1.82, 2.24) is 0 Å². The smallest absolute Gasteiger partial charge is 0.119 e. The van der Waals surface area contributed by atoms with Crippen molar-refractivity contribution < 1.29 is 9.47 Å². The predicted molar refractivity (Wildman–Crippen MR) is 101 cm³/mol. The number of alkyl halides is 1. The standard InChI is InChI=1S/C21H27ClO2/c1-3-5-15-23-19-11-7-17(8-12-19)21(22)18-9-13-20(14-10-18)24-16-6-4-2/h7-14,21H,3-6,15-16H2,1-2H3. The number of rotatable bonds is 10. The van der Waals surface area contributed by atoms with Gasteiger partial charge in [0.1, 0.15) is 11.5 Å². The Bertz CT molecular complexity index is 524. The highest BCUT2D eigenvalue weighted by atomic mass is 35.5. The van der Waals surface area contributed by atoms with Crippen molar-refractivity contribution in [2.24, 2.45) is 0 Å². The van der Waals surface area contributed by atoms with Gasteiger partial charge in [-0.25, -0.2) is 0 Å². The van der Waals surface area contributed by atoms with Gasteiger partial charge in [0, 0.05) is 0 Å². The lowest BCUT2D eigenvalue weighted by molar-refractivity contribution is 0.309. The van der Waals surface area contributed by atoms with E-state index in [-0.39, 0.29) is 5.38 Å². The van der Waals surface area contributed by atoms with E-state index in [4.69, 9.17) is 21.1 Å². The molecule has 0 fully saturated rings. The van der Waals surface area contributed by atoms with Crippen LogP contribution in [-0.2, 0) is 0 Å². The van der Waals surface area contributed by atoms with Gasteiger partial charge in [0.05, 0.1) is 18.6 Å². The highest BCUT2D eigenvalue weighted by Gasteiger charge is 2.11. The van der Waals surface area contributed by atoms with Gasteiger partial charge in [0.15, 0.2) is 0 Å². The summed E-state index contributed by atoms with van der Waals surface area (Å²) in [5.41, 5.74) is 2.14. The van der Waals surface area contributed by atoms with Crippen molar-refractivity contribution >= 4 is 11.6 Å². The lowest BCUT2D eigenvalue weighted by Gasteiger charge is -2.13. The lowest BCUT2D eigenvalue weighted by Crippen LogP contribution is -1.98. The summed E-state index contributed by atoms with van der Waals surface area (Å²) in [7, 11) is 0. The molecule has 0 aromatic heterocycles. The number of unbranched alkanes of at least 4 members (excludes halogenated alkanes) is 2. The first kappa shape index (κ1) is 18.7. The van der Waals surface area contributed by atoms with Crippen molar-refractivity contribution in [3.05, 3.63) is 59.7 Å². The second-order valence-electron chi connectivity index (χ2n) is 5.90. The van der Waals surface area contributed by atoms with Crippen LogP contribution in [0, 0.1) is 0 Å². The van der Waals surface area contributed by atoms with Crippen LogP contribution in [0.3, 0.4) is 0 Å². The van der Waals surface area contributed by atoms with Crippen molar-refractivity contribution in [3.8, 4) is 11.5 Å². The largest absolute Gasteiger partial charge is 0.494 e. The third kappa shape index (κ3) is 5.76. The zero-order chi connectivity index (χ0) is 17.2. The number of benzene rings is 2. The molecule has 0 spiro atoms. The molecule has 0 amide bonds. The van der Waals surface area contributed by atoms with Crippen LogP contribution >= 0.6 is 11.6 Å². The molecule has 2 aromatic carbocycles. The Morgan fingerprint density at radius 1 is 0.708 bits per heavy atom. The summed E-state index contributed by atoms with van der Waals surface area (Å²) in [6, 6.07) is 16.1. The van der Waals surface area contributed by atoms with Gasteiger partial charge in [-0.2, -0.15) is 0 Å². The molecule has 0 heterocycles. The minimum Gasteiger partial charge on any atom is -0.494 e. The van der Waals surface area contributed by atoms with Crippen LogP contribution in [0.4, 0.5) is 0 Å². The second kappa shape index (κ2) is 10.2. The molecule has 0 unspecified atom stereocenters. The molecule has 0 N–H and O–H groups in total. The first-order valence-corrected chi connectivity index (χ1v) is 9.27. The lowest BCUT2D eigenvalue weighted by atomic mass is 10.0. The minimum absolute atomic E-state index is 0.167. The third-order valence-corrected chi connectivity index (χ3v) is 4.38. The van der Waals surface area contributed by atoms with Crippen LogP contribution < -0.4 is 9.47 Å². The summed E-state index contributed by atoms with van der Waals surface area (Å²) < 4.78 is 11.4. The molecule has 0 aliphatic heterocycles. The van der Waals surface area contributed by atoms with E-state index in [2.05, 4.69) is 13.8 Å². The monoisotopic (exact) mass is 346 g/mol. The number of hydrogen-bond donors (Lipinski definition) is 0. The van der Waals surface area contributed by atoms with E-state index < -0.39 is 0 Å². The van der Waals surface area contributed by atoms with Gasteiger partial charge < -0.3 is 9.47 Å². The Balaban J connectivity index is 1.93. The van der Waals surface area contributed by atoms with Crippen molar-refractivity contribution in [2.45, 2.75) is 44.9 Å². The molecule has 2 rings (SSSR count). The molecule has 0 bridgehead atoms. The fourth-order valence-electron chi connectivity index (χ4n) is 2.33. The highest BCUT2D eigenvalue weighted by molar-refractivity contribution is 6.22. The van der Waals surface area contributed by atoms with Crippen LogP contribution in [0.2, 0.25) is 0 Å². The van der Waals surface area contributed by atoms with Crippen LogP contribution in [0.15, 0.2) is 48.5 Å². The molecule has 0 radical (unpaired) electrons. The summed E-state index contributed by atoms with van der Waals surface area (Å²) in [5, 5.41) is -0.167. The molecular weight excluding hydrogens is 320 g/mol. The Labute approximate surface area is 150 Å². The van der Waals surface area contributed by atoms with Gasteiger partial charge in [0.2, 0.25) is 0 Å². The fraction of sp³-hybridized carbons (Fsp3) is 0.429. The third-order valence-electron chi connectivity index (χ3n) is 3.88. The van der Waals surface area contributed by atoms with E-state index in [0.29, 0.717) is 0 Å². The SMILES string of the molecule is CCCCOc1ccc(C(Cl)c2ccc(OCCCC)cc2)cc1. The molecule has 0 aliphatic rings. The first-order valence-electron chi connectivity index (χ1n) is 8.84. The van der Waals surface area contributed by atoms with Crippen LogP contribution in [0.25, 0.3) is 0 Å². The Hall–Kier alpha value is -1.67. The average molecular weight is 347 g/mol. The average Bonchev–Trinajstić information content (AvgIpc) is 2.63. The zero-order valence-electron chi connectivity index (χ0n) is 14.6. The molecule has 24 heavy (non-hydrogen) atoms. The topological polar surface area (TPSA) is 18.5 Å². The Kier molecular flexibility index (Phi) is 7.97. The van der Waals surface area contributed by atoms with E-state index in [9.17, 15) is 0 Å². The molecule has 2 aromatic rings. The zero-order valence-corrected chi connectivity index (χ0v) is 15.4. The van der Waals surface area contributed by atoms with Crippen molar-refractivity contribution in [2.75, 3.05) is 13.2 Å². The van der Waals surface area contributed by atoms with Crippen LogP contribution in [-0.4, -0.2) is 13.2 Å². The molecule has 0 atom stereocenters. The van der Waals surface area contributed by atoms with Gasteiger partial charge in [-0.1, -0.05) is 51.0 Å². The van der Waals surface area contributed by atoms with Crippen molar-refractivity contribution in [3.63, 3.8) is 0 Å². The maximum Gasteiger partial charge on any atom is 0.119 e. The molecule has 0 saturated carbocycles. The molecule has 0 saturated heterocycles. The summed E-state index contributed by atoms with van der Waals surface area (Å²) in [4.78, 5) is 0. The second-order valence-corrected chi connectivity index (χ2v) is 6.34. The van der Waals surface area contributed by atoms with E-state index in [1.165, 1.54) is 0 Å². The van der Waals surface area contributed by atoms with Crippen LogP contribution in [0.1, 0.15) is 56.0 Å². The summed E-state index contributed by atoms with van der Waals surface area (Å²) in [6.45, 7) is 5.84. The van der Waals surface area contributed by atoms with E-state index >= 15 is 0 Å². The van der Waals surface area contributed by atoms with E-state index in [1.807, 2.05) is 48.5 Å². The maximum absolute atomic E-state index is 6.61.